The fourth-order valence-electron chi connectivity index (χ4n) is 4.43. The topological polar surface area (TPSA) is 130 Å². The van der Waals surface area contributed by atoms with E-state index in [1.807, 2.05) is 30.3 Å². The second-order valence-corrected chi connectivity index (χ2v) is 9.89. The second kappa shape index (κ2) is 12.1. The molecule has 10 nitrogen and oxygen atoms in total. The van der Waals surface area contributed by atoms with Gasteiger partial charge in [-0.05, 0) is 56.7 Å². The van der Waals surface area contributed by atoms with Gasteiger partial charge in [0.2, 0.25) is 12.2 Å². The minimum atomic E-state index is -1.19. The van der Waals surface area contributed by atoms with E-state index in [1.165, 1.54) is 19.9 Å². The van der Waals surface area contributed by atoms with Crippen LogP contribution in [0.4, 0.5) is 0 Å². The van der Waals surface area contributed by atoms with Crippen LogP contribution in [0.1, 0.15) is 43.6 Å². The Balaban J connectivity index is 1.54. The number of benzene rings is 2. The summed E-state index contributed by atoms with van der Waals surface area (Å²) >= 11 is 0. The molecule has 0 aliphatic carbocycles. The van der Waals surface area contributed by atoms with Gasteiger partial charge in [0.1, 0.15) is 30.1 Å². The molecular formula is C29H33NO9. The highest BCUT2D eigenvalue weighted by Crippen LogP contribution is 2.35. The summed E-state index contributed by atoms with van der Waals surface area (Å²) in [6, 6.07) is 15.1. The molecule has 1 amide bonds. The molecule has 2 aliphatic rings. The summed E-state index contributed by atoms with van der Waals surface area (Å²) in [5.74, 6) is -2.31. The van der Waals surface area contributed by atoms with Crippen molar-refractivity contribution >= 4 is 23.7 Å². The van der Waals surface area contributed by atoms with E-state index in [9.17, 15) is 19.5 Å². The number of carbonyl (C=O) groups is 3. The minimum Gasteiger partial charge on any atom is -0.479 e. The Kier molecular flexibility index (Phi) is 8.81. The van der Waals surface area contributed by atoms with Gasteiger partial charge in [0.15, 0.2) is 17.7 Å². The third kappa shape index (κ3) is 7.30. The Hall–Kier alpha value is -3.57. The Morgan fingerprint density at radius 3 is 2.44 bits per heavy atom. The van der Waals surface area contributed by atoms with Gasteiger partial charge in [-0.15, -0.1) is 0 Å². The van der Waals surface area contributed by atoms with E-state index in [1.54, 1.807) is 44.2 Å². The maximum Gasteiger partial charge on any atom is 0.332 e. The number of fused-ring (bicyclic) bond motifs is 1. The van der Waals surface area contributed by atoms with Crippen molar-refractivity contribution in [2.24, 2.45) is 0 Å². The number of hydrogen-bond donors (Lipinski definition) is 2. The van der Waals surface area contributed by atoms with Gasteiger partial charge in [-0.25, -0.2) is 4.79 Å². The summed E-state index contributed by atoms with van der Waals surface area (Å²) in [4.78, 5) is 36.4. The molecule has 2 saturated heterocycles. The van der Waals surface area contributed by atoms with E-state index in [2.05, 4.69) is 5.32 Å². The fourth-order valence-corrected chi connectivity index (χ4v) is 4.43. The third-order valence-corrected chi connectivity index (χ3v) is 6.36. The monoisotopic (exact) mass is 539 g/mol. The van der Waals surface area contributed by atoms with Crippen molar-refractivity contribution in [2.75, 3.05) is 6.61 Å². The quantitative estimate of drug-likeness (QED) is 0.364. The van der Waals surface area contributed by atoms with Crippen molar-refractivity contribution in [1.82, 2.24) is 5.32 Å². The predicted octanol–water partition coefficient (Wildman–Crippen LogP) is 3.20. The molecular weight excluding hydrogens is 506 g/mol. The molecule has 39 heavy (non-hydrogen) atoms. The molecule has 0 radical (unpaired) electrons. The van der Waals surface area contributed by atoms with Crippen molar-refractivity contribution < 1.29 is 43.2 Å². The normalized spacial score (nSPS) is 26.8. The first kappa shape index (κ1) is 28.4. The molecule has 2 aliphatic heterocycles. The van der Waals surface area contributed by atoms with E-state index in [4.69, 9.17) is 23.7 Å². The van der Waals surface area contributed by atoms with Crippen LogP contribution in [-0.4, -0.2) is 71.9 Å². The highest BCUT2D eigenvalue weighted by atomic mass is 16.8. The van der Waals surface area contributed by atoms with Crippen LogP contribution in [0, 0.1) is 0 Å². The second-order valence-electron chi connectivity index (χ2n) is 9.89. The van der Waals surface area contributed by atoms with Gasteiger partial charge in [-0.2, -0.15) is 0 Å². The Labute approximate surface area is 226 Å². The van der Waals surface area contributed by atoms with E-state index >= 15 is 0 Å². The molecule has 2 aromatic carbocycles. The first-order valence-electron chi connectivity index (χ1n) is 12.7. The average Bonchev–Trinajstić information content (AvgIpc) is 2.89. The summed E-state index contributed by atoms with van der Waals surface area (Å²) in [7, 11) is 0. The standard InChI is InChI=1S/C29H33NO9/c1-17(27(33)34)36-26-24(30-18(2)31)28(38-23-16-35-29(3,4)39-25(23)26)37-21-13-11-20(12-14-21)22(32)15-10-19-8-6-5-7-9-19/h5-15,17,23-26,28H,16H2,1-4H3,(H,30,31)(H,33,34)/b15-10+. The van der Waals surface area contributed by atoms with Gasteiger partial charge in [0.05, 0.1) is 6.61 Å². The largest absolute Gasteiger partial charge is 0.479 e. The zero-order valence-corrected chi connectivity index (χ0v) is 22.2. The smallest absolute Gasteiger partial charge is 0.332 e. The number of allylic oxidation sites excluding steroid dienone is 1. The van der Waals surface area contributed by atoms with E-state index in [-0.39, 0.29) is 18.3 Å². The van der Waals surface area contributed by atoms with E-state index < -0.39 is 48.5 Å². The van der Waals surface area contributed by atoms with E-state index in [0.717, 1.165) is 5.56 Å². The third-order valence-electron chi connectivity index (χ3n) is 6.36. The minimum absolute atomic E-state index is 0.146. The Morgan fingerprint density at radius 1 is 1.10 bits per heavy atom. The molecule has 0 bridgehead atoms. The number of hydrogen-bond acceptors (Lipinski definition) is 8. The summed E-state index contributed by atoms with van der Waals surface area (Å²) in [6.07, 6.45) is -1.31. The molecule has 4 rings (SSSR count). The van der Waals surface area contributed by atoms with Crippen LogP contribution in [0.15, 0.2) is 60.7 Å². The fraction of sp³-hybridized carbons (Fsp3) is 0.414. The number of aliphatic carboxylic acids is 1. The van der Waals surface area contributed by atoms with Crippen molar-refractivity contribution in [3.05, 3.63) is 71.8 Å². The molecule has 10 heteroatoms. The molecule has 0 spiro atoms. The number of amides is 1. The highest BCUT2D eigenvalue weighted by molar-refractivity contribution is 6.06. The maximum atomic E-state index is 12.6. The van der Waals surface area contributed by atoms with Crippen LogP contribution < -0.4 is 10.1 Å². The van der Waals surface area contributed by atoms with Crippen LogP contribution in [0.5, 0.6) is 5.75 Å². The number of carbonyl (C=O) groups excluding carboxylic acids is 2. The van der Waals surface area contributed by atoms with Crippen molar-refractivity contribution in [3.63, 3.8) is 0 Å². The summed E-state index contributed by atoms with van der Waals surface area (Å²) in [5, 5.41) is 12.3. The average molecular weight is 540 g/mol. The van der Waals surface area contributed by atoms with Gasteiger partial charge < -0.3 is 34.1 Å². The Bertz CT molecular complexity index is 1190. The predicted molar refractivity (Wildman–Crippen MR) is 140 cm³/mol. The zero-order valence-electron chi connectivity index (χ0n) is 22.2. The lowest BCUT2D eigenvalue weighted by Gasteiger charge is -2.51. The molecule has 2 fully saturated rings. The van der Waals surface area contributed by atoms with Gasteiger partial charge in [-0.3, -0.25) is 9.59 Å². The lowest BCUT2D eigenvalue weighted by molar-refractivity contribution is -0.366. The number of ether oxygens (including phenoxy) is 5. The van der Waals surface area contributed by atoms with Gasteiger partial charge in [-0.1, -0.05) is 36.4 Å². The van der Waals surface area contributed by atoms with Gasteiger partial charge in [0, 0.05) is 12.5 Å². The van der Waals surface area contributed by atoms with Crippen LogP contribution in [0.25, 0.3) is 6.08 Å². The molecule has 0 aromatic heterocycles. The number of carboxylic acids is 1. The molecule has 208 valence electrons. The molecule has 2 aromatic rings. The number of carboxylic acid groups (broad SMARTS) is 1. The lowest BCUT2D eigenvalue weighted by Crippen LogP contribution is -2.70. The van der Waals surface area contributed by atoms with Crippen LogP contribution in [0.3, 0.4) is 0 Å². The van der Waals surface area contributed by atoms with Crippen molar-refractivity contribution in [2.45, 2.75) is 70.2 Å². The van der Waals surface area contributed by atoms with Crippen LogP contribution in [-0.2, 0) is 28.5 Å². The lowest BCUT2D eigenvalue weighted by atomic mass is 9.94. The summed E-state index contributed by atoms with van der Waals surface area (Å²) < 4.78 is 30.0. The first-order chi connectivity index (χ1) is 18.5. The van der Waals surface area contributed by atoms with E-state index in [0.29, 0.717) is 11.3 Å². The zero-order chi connectivity index (χ0) is 28.2. The summed E-state index contributed by atoms with van der Waals surface area (Å²) in [6.45, 7) is 6.34. The van der Waals surface area contributed by atoms with Crippen molar-refractivity contribution in [1.29, 1.82) is 0 Å². The van der Waals surface area contributed by atoms with Crippen LogP contribution >= 0.6 is 0 Å². The van der Waals surface area contributed by atoms with Gasteiger partial charge >= 0.3 is 5.97 Å². The molecule has 0 saturated carbocycles. The van der Waals surface area contributed by atoms with Crippen molar-refractivity contribution in [3.8, 4) is 5.75 Å². The number of ketones is 1. The SMILES string of the molecule is CC(=O)NC1C(Oc2ccc(C(=O)/C=C/c3ccccc3)cc2)OC2COC(C)(C)OC2C1OC(C)C(=O)O. The number of nitrogens with one attached hydrogen (secondary N) is 1. The summed E-state index contributed by atoms with van der Waals surface area (Å²) in [5.41, 5.74) is 1.38. The Morgan fingerprint density at radius 2 is 1.79 bits per heavy atom. The molecule has 6 unspecified atom stereocenters. The molecule has 2 heterocycles. The van der Waals surface area contributed by atoms with Gasteiger partial charge in [0.25, 0.3) is 0 Å². The van der Waals surface area contributed by atoms with Crippen LogP contribution in [0.2, 0.25) is 0 Å². The maximum absolute atomic E-state index is 12.6. The first-order valence-corrected chi connectivity index (χ1v) is 12.7. The molecule has 6 atom stereocenters. The molecule has 2 N–H and O–H groups in total. The highest BCUT2D eigenvalue weighted by Gasteiger charge is 2.54. The number of rotatable bonds is 9.